The van der Waals surface area contributed by atoms with Crippen molar-refractivity contribution in [2.75, 3.05) is 13.1 Å². The minimum absolute atomic E-state index is 0.180. The van der Waals surface area contributed by atoms with Gasteiger partial charge in [-0.1, -0.05) is 25.7 Å². The summed E-state index contributed by atoms with van der Waals surface area (Å²) in [6.07, 6.45) is 2.29. The zero-order chi connectivity index (χ0) is 15.5. The first-order valence-electron chi connectivity index (χ1n) is 7.25. The summed E-state index contributed by atoms with van der Waals surface area (Å²) >= 11 is 0. The average Bonchev–Trinajstić information content (AvgIpc) is 3.24. The van der Waals surface area contributed by atoms with Crippen LogP contribution in [0.25, 0.3) is 0 Å². The summed E-state index contributed by atoms with van der Waals surface area (Å²) in [4.78, 5) is 12.1. The monoisotopic (exact) mass is 288 g/mol. The Balaban J connectivity index is 2.01. The SMILES string of the molecule is CC(C)C1(CNC(=O)c2ccc(C#CCN)c(F)c2)CC1. The molecule has 1 aliphatic rings. The molecule has 4 heteroatoms. The van der Waals surface area contributed by atoms with Gasteiger partial charge in [-0.25, -0.2) is 4.39 Å². The Kier molecular flexibility index (Phi) is 4.64. The average molecular weight is 288 g/mol. The molecule has 1 aromatic carbocycles. The Labute approximate surface area is 125 Å². The van der Waals surface area contributed by atoms with Gasteiger partial charge in [0.05, 0.1) is 12.1 Å². The van der Waals surface area contributed by atoms with Crippen molar-refractivity contribution in [3.8, 4) is 11.8 Å². The Hall–Kier alpha value is -1.86. The van der Waals surface area contributed by atoms with Gasteiger partial charge in [0.2, 0.25) is 0 Å². The van der Waals surface area contributed by atoms with Crippen LogP contribution in [-0.2, 0) is 0 Å². The van der Waals surface area contributed by atoms with Crippen molar-refractivity contribution in [3.05, 3.63) is 35.1 Å². The molecule has 0 aromatic heterocycles. The first-order chi connectivity index (χ1) is 9.98. The van der Waals surface area contributed by atoms with Gasteiger partial charge in [0.25, 0.3) is 5.91 Å². The zero-order valence-corrected chi connectivity index (χ0v) is 12.5. The van der Waals surface area contributed by atoms with Crippen LogP contribution in [0.2, 0.25) is 0 Å². The predicted molar refractivity (Wildman–Crippen MR) is 81.2 cm³/mol. The third-order valence-electron chi connectivity index (χ3n) is 4.27. The second kappa shape index (κ2) is 6.28. The molecule has 3 N–H and O–H groups in total. The van der Waals surface area contributed by atoms with Gasteiger partial charge < -0.3 is 11.1 Å². The fourth-order valence-corrected chi connectivity index (χ4v) is 2.38. The van der Waals surface area contributed by atoms with Crippen LogP contribution in [-0.4, -0.2) is 19.0 Å². The van der Waals surface area contributed by atoms with E-state index in [9.17, 15) is 9.18 Å². The third kappa shape index (κ3) is 3.62. The van der Waals surface area contributed by atoms with Crippen molar-refractivity contribution in [2.45, 2.75) is 26.7 Å². The van der Waals surface area contributed by atoms with Crippen molar-refractivity contribution < 1.29 is 9.18 Å². The number of benzene rings is 1. The molecule has 1 amide bonds. The molecule has 1 aliphatic carbocycles. The topological polar surface area (TPSA) is 55.1 Å². The first kappa shape index (κ1) is 15.5. The molecule has 0 radical (unpaired) electrons. The molecule has 1 saturated carbocycles. The maximum absolute atomic E-state index is 13.8. The number of hydrogen-bond acceptors (Lipinski definition) is 2. The molecule has 0 bridgehead atoms. The molecule has 1 fully saturated rings. The number of amides is 1. The second-order valence-electron chi connectivity index (χ2n) is 5.90. The van der Waals surface area contributed by atoms with Crippen LogP contribution in [0.5, 0.6) is 0 Å². The van der Waals surface area contributed by atoms with Crippen LogP contribution in [0.3, 0.4) is 0 Å². The van der Waals surface area contributed by atoms with E-state index >= 15 is 0 Å². The van der Waals surface area contributed by atoms with Gasteiger partial charge in [-0.15, -0.1) is 0 Å². The van der Waals surface area contributed by atoms with E-state index in [-0.39, 0.29) is 23.4 Å². The fraction of sp³-hybridized carbons (Fsp3) is 0.471. The van der Waals surface area contributed by atoms with E-state index in [0.29, 0.717) is 18.0 Å². The summed E-state index contributed by atoms with van der Waals surface area (Å²) in [5.74, 6) is 5.05. The van der Waals surface area contributed by atoms with E-state index in [0.717, 1.165) is 12.8 Å². The molecule has 0 spiro atoms. The van der Waals surface area contributed by atoms with Crippen LogP contribution < -0.4 is 11.1 Å². The molecular formula is C17H21FN2O. The van der Waals surface area contributed by atoms with Crippen molar-refractivity contribution in [2.24, 2.45) is 17.1 Å². The standard InChI is InChI=1S/C17H21FN2O/c1-12(2)17(7-8-17)11-20-16(21)14-6-5-13(4-3-9-19)15(18)10-14/h5-6,10,12H,7-9,11,19H2,1-2H3,(H,20,21). The van der Waals surface area contributed by atoms with E-state index in [1.807, 2.05) is 0 Å². The third-order valence-corrected chi connectivity index (χ3v) is 4.27. The minimum Gasteiger partial charge on any atom is -0.351 e. The van der Waals surface area contributed by atoms with E-state index < -0.39 is 5.82 Å². The molecule has 0 atom stereocenters. The van der Waals surface area contributed by atoms with Gasteiger partial charge >= 0.3 is 0 Å². The van der Waals surface area contributed by atoms with Crippen molar-refractivity contribution in [1.82, 2.24) is 5.32 Å². The molecule has 0 saturated heterocycles. The number of rotatable bonds is 4. The van der Waals surface area contributed by atoms with Gasteiger partial charge in [-0.3, -0.25) is 4.79 Å². The van der Waals surface area contributed by atoms with Crippen molar-refractivity contribution in [1.29, 1.82) is 0 Å². The molecule has 3 nitrogen and oxygen atoms in total. The van der Waals surface area contributed by atoms with Gasteiger partial charge in [0.15, 0.2) is 0 Å². The van der Waals surface area contributed by atoms with Crippen molar-refractivity contribution in [3.63, 3.8) is 0 Å². The zero-order valence-electron chi connectivity index (χ0n) is 12.5. The summed E-state index contributed by atoms with van der Waals surface area (Å²) in [5, 5.41) is 2.91. The highest BCUT2D eigenvalue weighted by Crippen LogP contribution is 2.51. The summed E-state index contributed by atoms with van der Waals surface area (Å²) in [5.41, 5.74) is 6.08. The highest BCUT2D eigenvalue weighted by Gasteiger charge is 2.45. The van der Waals surface area contributed by atoms with Crippen LogP contribution >= 0.6 is 0 Å². The number of carbonyl (C=O) groups excluding carboxylic acids is 1. The van der Waals surface area contributed by atoms with Crippen LogP contribution in [0.4, 0.5) is 4.39 Å². The van der Waals surface area contributed by atoms with E-state index in [2.05, 4.69) is 31.0 Å². The van der Waals surface area contributed by atoms with Gasteiger partial charge in [0, 0.05) is 12.1 Å². The Morgan fingerprint density at radius 2 is 2.19 bits per heavy atom. The lowest BCUT2D eigenvalue weighted by Gasteiger charge is -2.20. The summed E-state index contributed by atoms with van der Waals surface area (Å²) in [6.45, 7) is 5.17. The maximum atomic E-state index is 13.8. The molecule has 21 heavy (non-hydrogen) atoms. The highest BCUT2D eigenvalue weighted by molar-refractivity contribution is 5.94. The van der Waals surface area contributed by atoms with Crippen LogP contribution in [0, 0.1) is 29.0 Å². The fourth-order valence-electron chi connectivity index (χ4n) is 2.38. The van der Waals surface area contributed by atoms with Gasteiger partial charge in [0.1, 0.15) is 5.82 Å². The second-order valence-corrected chi connectivity index (χ2v) is 5.90. The first-order valence-corrected chi connectivity index (χ1v) is 7.25. The van der Waals surface area contributed by atoms with Gasteiger partial charge in [-0.2, -0.15) is 0 Å². The van der Waals surface area contributed by atoms with E-state index in [1.54, 1.807) is 6.07 Å². The lowest BCUT2D eigenvalue weighted by molar-refractivity contribution is 0.0939. The largest absolute Gasteiger partial charge is 0.351 e. The number of nitrogens with one attached hydrogen (secondary N) is 1. The summed E-state index contributed by atoms with van der Waals surface area (Å²) < 4.78 is 13.8. The molecule has 2 rings (SSSR count). The van der Waals surface area contributed by atoms with Crippen LogP contribution in [0.15, 0.2) is 18.2 Å². The molecule has 0 unspecified atom stereocenters. The van der Waals surface area contributed by atoms with E-state index in [4.69, 9.17) is 5.73 Å². The number of carbonyl (C=O) groups is 1. The number of nitrogens with two attached hydrogens (primary N) is 1. The molecule has 0 heterocycles. The Morgan fingerprint density at radius 3 is 2.71 bits per heavy atom. The maximum Gasteiger partial charge on any atom is 0.251 e. The van der Waals surface area contributed by atoms with E-state index in [1.165, 1.54) is 12.1 Å². The molecule has 112 valence electrons. The Morgan fingerprint density at radius 1 is 1.48 bits per heavy atom. The van der Waals surface area contributed by atoms with Crippen molar-refractivity contribution >= 4 is 5.91 Å². The summed E-state index contributed by atoms with van der Waals surface area (Å²) in [7, 11) is 0. The molecule has 1 aromatic rings. The molecular weight excluding hydrogens is 267 g/mol. The normalized spacial score (nSPS) is 15.3. The number of halogens is 1. The number of hydrogen-bond donors (Lipinski definition) is 2. The minimum atomic E-state index is -0.492. The quantitative estimate of drug-likeness (QED) is 0.835. The predicted octanol–water partition coefficient (Wildman–Crippen LogP) is 2.30. The smallest absolute Gasteiger partial charge is 0.251 e. The van der Waals surface area contributed by atoms with Crippen LogP contribution in [0.1, 0.15) is 42.6 Å². The highest BCUT2D eigenvalue weighted by atomic mass is 19.1. The summed E-state index contributed by atoms with van der Waals surface area (Å²) in [6, 6.07) is 4.33. The van der Waals surface area contributed by atoms with Gasteiger partial charge in [-0.05, 0) is 42.4 Å². The molecule has 0 aliphatic heterocycles. The lowest BCUT2D eigenvalue weighted by atomic mass is 9.92. The lowest BCUT2D eigenvalue weighted by Crippen LogP contribution is -2.32. The Bertz CT molecular complexity index is 595.